The fourth-order valence-corrected chi connectivity index (χ4v) is 1.84. The van der Waals surface area contributed by atoms with Crippen LogP contribution in [0.25, 0.3) is 0 Å². The average Bonchev–Trinajstić information content (AvgIpc) is 2.57. The predicted octanol–water partition coefficient (Wildman–Crippen LogP) is 2.03. The second-order valence-corrected chi connectivity index (χ2v) is 3.56. The van der Waals surface area contributed by atoms with E-state index in [2.05, 4.69) is 5.32 Å². The van der Waals surface area contributed by atoms with Crippen molar-refractivity contribution < 1.29 is 18.3 Å². The van der Waals surface area contributed by atoms with Gasteiger partial charge in [0.1, 0.15) is 0 Å². The molecule has 1 aliphatic rings. The molecule has 2 rings (SSSR count). The maximum atomic E-state index is 12.6. The average molecular weight is 217 g/mol. The van der Waals surface area contributed by atoms with Crippen LogP contribution in [0.5, 0.6) is 0 Å². The van der Waals surface area contributed by atoms with Gasteiger partial charge in [-0.2, -0.15) is 13.2 Å². The molecular weight excluding hydrogens is 207 g/mol. The molecule has 0 aromatic heterocycles. The van der Waals surface area contributed by atoms with Gasteiger partial charge in [-0.3, -0.25) is 0 Å². The zero-order chi connectivity index (χ0) is 11.1. The van der Waals surface area contributed by atoms with Gasteiger partial charge in [-0.15, -0.1) is 0 Å². The molecule has 0 saturated carbocycles. The van der Waals surface area contributed by atoms with E-state index in [1.807, 2.05) is 0 Å². The van der Waals surface area contributed by atoms with E-state index in [4.69, 9.17) is 5.11 Å². The van der Waals surface area contributed by atoms with Crippen molar-refractivity contribution >= 4 is 5.69 Å². The van der Waals surface area contributed by atoms with Crippen LogP contribution in [0.15, 0.2) is 18.2 Å². The van der Waals surface area contributed by atoms with Crippen LogP contribution in [0, 0.1) is 0 Å². The Hall–Kier alpha value is -1.23. The molecule has 1 aliphatic heterocycles. The van der Waals surface area contributed by atoms with E-state index < -0.39 is 11.7 Å². The van der Waals surface area contributed by atoms with E-state index in [1.165, 1.54) is 6.07 Å². The number of anilines is 1. The molecule has 1 heterocycles. The molecule has 0 amide bonds. The van der Waals surface area contributed by atoms with Crippen molar-refractivity contribution in [2.75, 3.05) is 11.9 Å². The van der Waals surface area contributed by atoms with Gasteiger partial charge in [0.2, 0.25) is 0 Å². The fourth-order valence-electron chi connectivity index (χ4n) is 1.84. The lowest BCUT2D eigenvalue weighted by atomic mass is 10.0. The number of nitrogens with one attached hydrogen (secondary N) is 1. The molecule has 0 aliphatic carbocycles. The third-order valence-corrected chi connectivity index (χ3v) is 2.51. The highest BCUT2D eigenvalue weighted by Crippen LogP contribution is 2.38. The number of aliphatic hydroxyl groups is 1. The molecular formula is C10H10F3NO. The first-order valence-corrected chi connectivity index (χ1v) is 4.59. The van der Waals surface area contributed by atoms with Gasteiger partial charge in [-0.05, 0) is 24.1 Å². The van der Waals surface area contributed by atoms with Crippen LogP contribution in [-0.2, 0) is 12.6 Å². The quantitative estimate of drug-likeness (QED) is 0.754. The highest BCUT2D eigenvalue weighted by molar-refractivity contribution is 5.60. The Kier molecular flexibility index (Phi) is 2.34. The van der Waals surface area contributed by atoms with Gasteiger partial charge in [-0.1, -0.05) is 6.07 Å². The fraction of sp³-hybridized carbons (Fsp3) is 0.400. The normalized spacial score (nSPS) is 19.9. The first kappa shape index (κ1) is 10.3. The van der Waals surface area contributed by atoms with Gasteiger partial charge >= 0.3 is 6.18 Å². The molecule has 1 atom stereocenters. The Morgan fingerprint density at radius 1 is 1.40 bits per heavy atom. The first-order chi connectivity index (χ1) is 7.02. The third-order valence-electron chi connectivity index (χ3n) is 2.51. The van der Waals surface area contributed by atoms with Crippen molar-refractivity contribution in [2.45, 2.75) is 18.6 Å². The van der Waals surface area contributed by atoms with Gasteiger partial charge < -0.3 is 10.4 Å². The summed E-state index contributed by atoms with van der Waals surface area (Å²) in [5.74, 6) is 0. The molecule has 0 fully saturated rings. The zero-order valence-corrected chi connectivity index (χ0v) is 7.80. The summed E-state index contributed by atoms with van der Waals surface area (Å²) in [7, 11) is 0. The van der Waals surface area contributed by atoms with E-state index in [1.54, 1.807) is 6.07 Å². The number of halogens is 3. The summed E-state index contributed by atoms with van der Waals surface area (Å²) >= 11 is 0. The van der Waals surface area contributed by atoms with Crippen molar-refractivity contribution in [1.82, 2.24) is 0 Å². The number of rotatable bonds is 1. The van der Waals surface area contributed by atoms with Crippen molar-refractivity contribution in [3.63, 3.8) is 0 Å². The molecule has 5 heteroatoms. The van der Waals surface area contributed by atoms with E-state index >= 15 is 0 Å². The van der Waals surface area contributed by atoms with Crippen molar-refractivity contribution in [3.05, 3.63) is 29.3 Å². The van der Waals surface area contributed by atoms with Crippen LogP contribution in [0.1, 0.15) is 11.1 Å². The molecule has 0 spiro atoms. The Bertz CT molecular complexity index is 375. The Labute approximate surface area is 84.7 Å². The largest absolute Gasteiger partial charge is 0.416 e. The molecule has 0 saturated heterocycles. The molecule has 82 valence electrons. The van der Waals surface area contributed by atoms with Crippen LogP contribution < -0.4 is 5.32 Å². The highest BCUT2D eigenvalue weighted by atomic mass is 19.4. The zero-order valence-electron chi connectivity index (χ0n) is 7.80. The number of hydrogen-bond donors (Lipinski definition) is 2. The minimum absolute atomic E-state index is 0.161. The van der Waals surface area contributed by atoms with Crippen LogP contribution >= 0.6 is 0 Å². The van der Waals surface area contributed by atoms with Crippen molar-refractivity contribution in [2.24, 2.45) is 0 Å². The summed E-state index contributed by atoms with van der Waals surface area (Å²) in [6.07, 6.45) is -4.10. The monoisotopic (exact) mass is 217 g/mol. The third kappa shape index (κ3) is 1.79. The maximum Gasteiger partial charge on any atom is 0.416 e. The number of benzene rings is 1. The van der Waals surface area contributed by atoms with E-state index in [9.17, 15) is 13.2 Å². The van der Waals surface area contributed by atoms with Crippen molar-refractivity contribution in [3.8, 4) is 0 Å². The minimum atomic E-state index is -4.32. The molecule has 2 nitrogen and oxygen atoms in total. The Morgan fingerprint density at radius 2 is 2.13 bits per heavy atom. The molecule has 0 unspecified atom stereocenters. The summed E-state index contributed by atoms with van der Waals surface area (Å²) in [5, 5.41) is 11.7. The summed E-state index contributed by atoms with van der Waals surface area (Å²) in [6.45, 7) is -0.161. The second-order valence-electron chi connectivity index (χ2n) is 3.56. The topological polar surface area (TPSA) is 32.3 Å². The first-order valence-electron chi connectivity index (χ1n) is 4.59. The predicted molar refractivity (Wildman–Crippen MR) is 49.6 cm³/mol. The van der Waals surface area contributed by atoms with E-state index in [-0.39, 0.29) is 24.6 Å². The van der Waals surface area contributed by atoms with Crippen molar-refractivity contribution in [1.29, 1.82) is 0 Å². The number of alkyl halides is 3. The van der Waals surface area contributed by atoms with Crippen LogP contribution in [0.4, 0.5) is 18.9 Å². The van der Waals surface area contributed by atoms with Gasteiger partial charge in [-0.25, -0.2) is 0 Å². The smallest absolute Gasteiger partial charge is 0.394 e. The summed E-state index contributed by atoms with van der Waals surface area (Å²) < 4.78 is 37.8. The van der Waals surface area contributed by atoms with Gasteiger partial charge in [0.05, 0.1) is 18.2 Å². The molecule has 15 heavy (non-hydrogen) atoms. The van der Waals surface area contributed by atoms with Gasteiger partial charge in [0.25, 0.3) is 0 Å². The van der Waals surface area contributed by atoms with Crippen LogP contribution in [-0.4, -0.2) is 17.8 Å². The van der Waals surface area contributed by atoms with Crippen LogP contribution in [0.3, 0.4) is 0 Å². The van der Waals surface area contributed by atoms with E-state index in [0.717, 1.165) is 6.07 Å². The second kappa shape index (κ2) is 3.41. The highest BCUT2D eigenvalue weighted by Gasteiger charge is 2.36. The standard InChI is InChI=1S/C10H10F3NO/c11-10(12,13)8-2-1-3-9-7(8)4-6(5-15)14-9/h1-3,6,14-15H,4-5H2/t6-/m0/s1. The molecule has 1 aromatic rings. The lowest BCUT2D eigenvalue weighted by Crippen LogP contribution is -2.19. The lowest BCUT2D eigenvalue weighted by Gasteiger charge is -2.10. The van der Waals surface area contributed by atoms with E-state index in [0.29, 0.717) is 5.69 Å². The number of fused-ring (bicyclic) bond motifs is 1. The lowest BCUT2D eigenvalue weighted by molar-refractivity contribution is -0.138. The Balaban J connectivity index is 2.42. The summed E-state index contributed by atoms with van der Waals surface area (Å²) in [4.78, 5) is 0. The number of aliphatic hydroxyl groups excluding tert-OH is 1. The molecule has 1 aromatic carbocycles. The maximum absolute atomic E-state index is 12.6. The molecule has 2 N–H and O–H groups in total. The van der Waals surface area contributed by atoms with Gasteiger partial charge in [0.15, 0.2) is 0 Å². The SMILES string of the molecule is OC[C@@H]1Cc2c(cccc2C(F)(F)F)N1. The van der Waals surface area contributed by atoms with Crippen LogP contribution in [0.2, 0.25) is 0 Å². The number of hydrogen-bond acceptors (Lipinski definition) is 2. The summed E-state index contributed by atoms with van der Waals surface area (Å²) in [6, 6.07) is 3.73. The Morgan fingerprint density at radius 3 is 2.73 bits per heavy atom. The molecule has 0 bridgehead atoms. The summed E-state index contributed by atoms with van der Waals surface area (Å²) in [5.41, 5.74) is 0.122. The molecule has 0 radical (unpaired) electrons. The minimum Gasteiger partial charge on any atom is -0.394 e. The van der Waals surface area contributed by atoms with Gasteiger partial charge in [0, 0.05) is 5.69 Å².